The highest BCUT2D eigenvalue weighted by Crippen LogP contribution is 2.28. The summed E-state index contributed by atoms with van der Waals surface area (Å²) in [5.41, 5.74) is 0. The lowest BCUT2D eigenvalue weighted by atomic mass is 9.84. The Balaban J connectivity index is 1.72. The maximum Gasteiger partial charge on any atom is 0.107 e. The molecule has 1 N–H and O–H groups in total. The van der Waals surface area contributed by atoms with Crippen molar-refractivity contribution in [1.82, 2.24) is 0 Å². The van der Waals surface area contributed by atoms with Gasteiger partial charge >= 0.3 is 0 Å². The van der Waals surface area contributed by atoms with Gasteiger partial charge in [-0.15, -0.1) is 0 Å². The van der Waals surface area contributed by atoms with Crippen molar-refractivity contribution in [3.8, 4) is 0 Å². The molecule has 88 valence electrons. The highest BCUT2D eigenvalue weighted by Gasteiger charge is 2.26. The van der Waals surface area contributed by atoms with Gasteiger partial charge in [0.2, 0.25) is 0 Å². The van der Waals surface area contributed by atoms with E-state index in [9.17, 15) is 5.11 Å². The Labute approximate surface area is 91.8 Å². The maximum absolute atomic E-state index is 10.0. The maximum atomic E-state index is 10.0. The van der Waals surface area contributed by atoms with Crippen molar-refractivity contribution in [1.29, 1.82) is 0 Å². The van der Waals surface area contributed by atoms with Crippen LogP contribution in [0.2, 0.25) is 0 Å². The minimum atomic E-state index is -0.326. The number of aliphatic hydroxyl groups is 1. The van der Waals surface area contributed by atoms with E-state index in [0.29, 0.717) is 25.7 Å². The number of aliphatic hydroxyl groups excluding tert-OH is 1. The topological polar surface area (TPSA) is 38.7 Å². The summed E-state index contributed by atoms with van der Waals surface area (Å²) < 4.78 is 10.8. The molecule has 2 fully saturated rings. The summed E-state index contributed by atoms with van der Waals surface area (Å²) in [4.78, 5) is 0. The fourth-order valence-corrected chi connectivity index (χ4v) is 2.64. The Morgan fingerprint density at radius 2 is 1.93 bits per heavy atom. The van der Waals surface area contributed by atoms with Crippen molar-refractivity contribution >= 4 is 0 Å². The summed E-state index contributed by atoms with van der Waals surface area (Å²) in [5.74, 6) is 0.708. The fourth-order valence-electron chi connectivity index (χ4n) is 2.64. The molecule has 0 aromatic carbocycles. The Morgan fingerprint density at radius 1 is 1.13 bits per heavy atom. The van der Waals surface area contributed by atoms with Crippen molar-refractivity contribution in [2.24, 2.45) is 5.92 Å². The first-order chi connectivity index (χ1) is 7.36. The average molecular weight is 214 g/mol. The predicted molar refractivity (Wildman–Crippen MR) is 57.8 cm³/mol. The van der Waals surface area contributed by atoms with Crippen molar-refractivity contribution in [3.05, 3.63) is 0 Å². The van der Waals surface area contributed by atoms with Gasteiger partial charge in [-0.3, -0.25) is 0 Å². The van der Waals surface area contributed by atoms with Gasteiger partial charge in [0.15, 0.2) is 0 Å². The van der Waals surface area contributed by atoms with Crippen LogP contribution in [0.15, 0.2) is 0 Å². The summed E-state index contributed by atoms with van der Waals surface area (Å²) in [6, 6.07) is 0. The molecular formula is C12H22O3. The lowest BCUT2D eigenvalue weighted by molar-refractivity contribution is -0.136. The van der Waals surface area contributed by atoms with Crippen LogP contribution in [0.1, 0.15) is 38.5 Å². The van der Waals surface area contributed by atoms with Gasteiger partial charge in [0.1, 0.15) is 6.10 Å². The first-order valence-electron chi connectivity index (χ1n) is 6.23. The highest BCUT2D eigenvalue weighted by molar-refractivity contribution is 4.76. The van der Waals surface area contributed by atoms with Crippen LogP contribution in [0.5, 0.6) is 0 Å². The van der Waals surface area contributed by atoms with Crippen LogP contribution in [0.4, 0.5) is 0 Å². The molecule has 2 rings (SSSR count). The fraction of sp³-hybridized carbons (Fsp3) is 1.00. The smallest absolute Gasteiger partial charge is 0.107 e. The van der Waals surface area contributed by atoms with Gasteiger partial charge in [-0.25, -0.2) is 0 Å². The normalized spacial score (nSPS) is 31.4. The van der Waals surface area contributed by atoms with Crippen LogP contribution in [0, 0.1) is 5.92 Å². The molecule has 1 saturated heterocycles. The van der Waals surface area contributed by atoms with Gasteiger partial charge < -0.3 is 14.6 Å². The zero-order valence-corrected chi connectivity index (χ0v) is 9.36. The molecule has 0 spiro atoms. The van der Waals surface area contributed by atoms with Crippen molar-refractivity contribution < 1.29 is 14.6 Å². The Morgan fingerprint density at radius 3 is 2.60 bits per heavy atom. The van der Waals surface area contributed by atoms with E-state index in [4.69, 9.17) is 9.47 Å². The van der Waals surface area contributed by atoms with E-state index in [1.54, 1.807) is 0 Å². The lowest BCUT2D eigenvalue weighted by Crippen LogP contribution is -2.39. The van der Waals surface area contributed by atoms with Gasteiger partial charge in [-0.05, 0) is 12.3 Å². The summed E-state index contributed by atoms with van der Waals surface area (Å²) in [7, 11) is 0. The van der Waals surface area contributed by atoms with E-state index in [-0.39, 0.29) is 12.2 Å². The molecule has 0 radical (unpaired) electrons. The second-order valence-corrected chi connectivity index (χ2v) is 4.79. The summed E-state index contributed by atoms with van der Waals surface area (Å²) in [5, 5.41) is 10.0. The molecule has 2 aliphatic rings. The molecule has 1 heterocycles. The second kappa shape index (κ2) is 5.83. The lowest BCUT2D eigenvalue weighted by Gasteiger charge is -2.30. The third-order valence-corrected chi connectivity index (χ3v) is 3.57. The van der Waals surface area contributed by atoms with Gasteiger partial charge in [-0.2, -0.15) is 0 Å². The molecule has 1 saturated carbocycles. The standard InChI is InChI=1S/C12H22O3/c13-11(12-9-14-6-7-15-12)8-10-4-2-1-3-5-10/h10-13H,1-9H2. The highest BCUT2D eigenvalue weighted by atomic mass is 16.6. The SMILES string of the molecule is OC(CC1CCCCC1)C1COCCO1. The molecule has 1 aliphatic heterocycles. The van der Waals surface area contributed by atoms with Crippen LogP contribution in [0.3, 0.4) is 0 Å². The number of rotatable bonds is 3. The van der Waals surface area contributed by atoms with E-state index in [0.717, 1.165) is 6.42 Å². The molecule has 0 aromatic heterocycles. The first kappa shape index (κ1) is 11.4. The van der Waals surface area contributed by atoms with Crippen LogP contribution in [0.25, 0.3) is 0 Å². The van der Waals surface area contributed by atoms with Crippen molar-refractivity contribution in [2.45, 2.75) is 50.7 Å². The van der Waals surface area contributed by atoms with E-state index in [2.05, 4.69) is 0 Å². The van der Waals surface area contributed by atoms with E-state index in [1.807, 2.05) is 0 Å². The van der Waals surface area contributed by atoms with Gasteiger partial charge in [-0.1, -0.05) is 32.1 Å². The number of ether oxygens (including phenoxy) is 2. The molecule has 15 heavy (non-hydrogen) atoms. The van der Waals surface area contributed by atoms with E-state index in [1.165, 1.54) is 32.1 Å². The monoisotopic (exact) mass is 214 g/mol. The minimum Gasteiger partial charge on any atom is -0.390 e. The van der Waals surface area contributed by atoms with Crippen molar-refractivity contribution in [2.75, 3.05) is 19.8 Å². The molecular weight excluding hydrogens is 192 g/mol. The van der Waals surface area contributed by atoms with Crippen LogP contribution in [-0.4, -0.2) is 37.1 Å². The number of hydrogen-bond donors (Lipinski definition) is 1. The molecule has 0 aromatic rings. The largest absolute Gasteiger partial charge is 0.390 e. The minimum absolute atomic E-state index is 0.0827. The van der Waals surface area contributed by atoms with Gasteiger partial charge in [0.25, 0.3) is 0 Å². The second-order valence-electron chi connectivity index (χ2n) is 4.79. The predicted octanol–water partition coefficient (Wildman–Crippen LogP) is 1.73. The van der Waals surface area contributed by atoms with Crippen LogP contribution in [-0.2, 0) is 9.47 Å². The van der Waals surface area contributed by atoms with Crippen LogP contribution >= 0.6 is 0 Å². The molecule has 1 aliphatic carbocycles. The van der Waals surface area contributed by atoms with Gasteiger partial charge in [0.05, 0.1) is 25.9 Å². The van der Waals surface area contributed by atoms with Crippen molar-refractivity contribution in [3.63, 3.8) is 0 Å². The first-order valence-corrected chi connectivity index (χ1v) is 6.23. The third-order valence-electron chi connectivity index (χ3n) is 3.57. The molecule has 0 amide bonds. The molecule has 2 atom stereocenters. The zero-order chi connectivity index (χ0) is 10.5. The molecule has 2 unspecified atom stereocenters. The number of hydrogen-bond acceptors (Lipinski definition) is 3. The Hall–Kier alpha value is -0.120. The van der Waals surface area contributed by atoms with E-state index < -0.39 is 0 Å². The van der Waals surface area contributed by atoms with E-state index >= 15 is 0 Å². The summed E-state index contributed by atoms with van der Waals surface area (Å²) in [6.07, 6.45) is 7.09. The molecule has 0 bridgehead atoms. The third kappa shape index (κ3) is 3.44. The molecule has 3 nitrogen and oxygen atoms in total. The van der Waals surface area contributed by atoms with Crippen LogP contribution < -0.4 is 0 Å². The zero-order valence-electron chi connectivity index (χ0n) is 9.36. The Bertz CT molecular complexity index is 172. The quantitative estimate of drug-likeness (QED) is 0.777. The summed E-state index contributed by atoms with van der Waals surface area (Å²) >= 11 is 0. The molecule has 3 heteroatoms. The average Bonchev–Trinajstić information content (AvgIpc) is 2.31. The Kier molecular flexibility index (Phi) is 4.42. The summed E-state index contributed by atoms with van der Waals surface area (Å²) in [6.45, 7) is 1.87. The van der Waals surface area contributed by atoms with Gasteiger partial charge in [0, 0.05) is 0 Å².